The van der Waals surface area contributed by atoms with Gasteiger partial charge in [-0.05, 0) is 30.4 Å². The number of benzene rings is 1. The molecule has 0 bridgehead atoms. The zero-order valence-corrected chi connectivity index (χ0v) is 16.8. The van der Waals surface area contributed by atoms with Crippen molar-refractivity contribution >= 4 is 28.6 Å². The molecule has 1 aromatic heterocycles. The number of carbonyl (C=O) groups excluding carboxylic acids is 3. The van der Waals surface area contributed by atoms with Crippen LogP contribution in [-0.2, 0) is 27.3 Å². The second-order valence-corrected chi connectivity index (χ2v) is 7.98. The molecule has 0 saturated carbocycles. The first-order valence-electron chi connectivity index (χ1n) is 9.96. The highest BCUT2D eigenvalue weighted by Gasteiger charge is 2.26. The quantitative estimate of drug-likeness (QED) is 0.418. The van der Waals surface area contributed by atoms with Crippen LogP contribution in [0.2, 0.25) is 0 Å². The van der Waals surface area contributed by atoms with Gasteiger partial charge in [-0.15, -0.1) is 0 Å². The topological polar surface area (TPSA) is 115 Å². The number of carbonyl (C=O) groups is 3. The van der Waals surface area contributed by atoms with Gasteiger partial charge in [-0.25, -0.2) is 5.48 Å². The van der Waals surface area contributed by atoms with E-state index in [0.717, 1.165) is 17.6 Å². The Morgan fingerprint density at radius 3 is 2.72 bits per heavy atom. The van der Waals surface area contributed by atoms with Crippen LogP contribution in [0.5, 0.6) is 0 Å². The summed E-state index contributed by atoms with van der Waals surface area (Å²) < 4.78 is 0. The number of hydrogen-bond acceptors (Lipinski definition) is 4. The van der Waals surface area contributed by atoms with Crippen molar-refractivity contribution in [1.82, 2.24) is 20.7 Å². The fraction of sp³-hybridized carbons (Fsp3) is 0.476. The van der Waals surface area contributed by atoms with E-state index in [-0.39, 0.29) is 30.7 Å². The first kappa shape index (κ1) is 20.9. The molecule has 1 aliphatic heterocycles. The Hall–Kier alpha value is -2.87. The van der Waals surface area contributed by atoms with Gasteiger partial charge in [0.1, 0.15) is 0 Å². The van der Waals surface area contributed by atoms with Gasteiger partial charge in [0.25, 0.3) is 0 Å². The number of H-pyrrole nitrogens is 1. The number of amides is 3. The maximum Gasteiger partial charge on any atom is 0.244 e. The van der Waals surface area contributed by atoms with Crippen molar-refractivity contribution < 1.29 is 19.6 Å². The largest absolute Gasteiger partial charge is 0.357 e. The summed E-state index contributed by atoms with van der Waals surface area (Å²) in [5.74, 6) is -1.50. The van der Waals surface area contributed by atoms with E-state index in [0.29, 0.717) is 19.5 Å². The summed E-state index contributed by atoms with van der Waals surface area (Å²) in [6, 6.07) is 8.10. The van der Waals surface area contributed by atoms with Crippen molar-refractivity contribution in [3.05, 3.63) is 35.5 Å². The maximum atomic E-state index is 12.6. The van der Waals surface area contributed by atoms with Crippen LogP contribution >= 0.6 is 0 Å². The lowest BCUT2D eigenvalue weighted by molar-refractivity contribution is -0.137. The molecule has 0 aliphatic carbocycles. The number of hydrogen-bond donors (Lipinski definition) is 4. The minimum atomic E-state index is -0.612. The molecule has 2 heterocycles. The van der Waals surface area contributed by atoms with E-state index in [4.69, 9.17) is 5.21 Å². The number of para-hydroxylation sites is 1. The lowest BCUT2D eigenvalue weighted by atomic mass is 9.93. The first-order valence-corrected chi connectivity index (χ1v) is 9.96. The number of aromatic amines is 1. The minimum absolute atomic E-state index is 0.107. The van der Waals surface area contributed by atoms with Crippen molar-refractivity contribution in [3.8, 4) is 0 Å². The van der Waals surface area contributed by atoms with Crippen molar-refractivity contribution in [3.63, 3.8) is 0 Å². The zero-order chi connectivity index (χ0) is 21.0. The SMILES string of the molecule is CC(C)C[C@H](CC(=O)NO)C(=O)NCC(=O)N1CCc2c([nH]c3ccccc23)C1. The van der Waals surface area contributed by atoms with Crippen LogP contribution in [0.1, 0.15) is 37.9 Å². The van der Waals surface area contributed by atoms with Gasteiger partial charge < -0.3 is 15.2 Å². The molecule has 1 aromatic carbocycles. The molecule has 2 aromatic rings. The van der Waals surface area contributed by atoms with E-state index >= 15 is 0 Å². The third kappa shape index (κ3) is 4.95. The summed E-state index contributed by atoms with van der Waals surface area (Å²) in [4.78, 5) is 41.7. The number of fused-ring (bicyclic) bond motifs is 3. The van der Waals surface area contributed by atoms with Crippen molar-refractivity contribution in [1.29, 1.82) is 0 Å². The second-order valence-electron chi connectivity index (χ2n) is 7.98. The minimum Gasteiger partial charge on any atom is -0.357 e. The van der Waals surface area contributed by atoms with Gasteiger partial charge in [0.15, 0.2) is 0 Å². The van der Waals surface area contributed by atoms with Gasteiger partial charge in [-0.3, -0.25) is 19.6 Å². The molecular weight excluding hydrogens is 372 g/mol. The Morgan fingerprint density at radius 1 is 1.24 bits per heavy atom. The van der Waals surface area contributed by atoms with E-state index in [1.54, 1.807) is 10.4 Å². The normalized spacial score (nSPS) is 14.6. The molecule has 1 atom stereocenters. The predicted octanol–water partition coefficient (Wildman–Crippen LogP) is 1.73. The van der Waals surface area contributed by atoms with Gasteiger partial charge in [0.2, 0.25) is 17.7 Å². The summed E-state index contributed by atoms with van der Waals surface area (Å²) in [6.07, 6.45) is 1.15. The number of nitrogens with one attached hydrogen (secondary N) is 3. The highest BCUT2D eigenvalue weighted by atomic mass is 16.5. The second kappa shape index (κ2) is 9.09. The monoisotopic (exact) mass is 400 g/mol. The molecule has 0 fully saturated rings. The third-order valence-corrected chi connectivity index (χ3v) is 5.33. The third-order valence-electron chi connectivity index (χ3n) is 5.33. The van der Waals surface area contributed by atoms with Crippen molar-refractivity contribution in [2.24, 2.45) is 11.8 Å². The summed E-state index contributed by atoms with van der Waals surface area (Å²) in [6.45, 7) is 4.89. The van der Waals surface area contributed by atoms with Gasteiger partial charge in [0.05, 0.1) is 13.1 Å². The summed E-state index contributed by atoms with van der Waals surface area (Å²) in [5, 5.41) is 12.6. The Balaban J connectivity index is 1.58. The number of aromatic nitrogens is 1. The standard InChI is InChI=1S/C21H28N4O4/c1-13(2)9-14(10-19(26)24-29)21(28)22-11-20(27)25-8-7-16-15-5-3-4-6-17(15)23-18(16)12-25/h3-6,13-14,23,29H,7-12H2,1-2H3,(H,22,28)(H,24,26)/t14-/m1/s1. The van der Waals surface area contributed by atoms with Crippen LogP contribution in [0.15, 0.2) is 24.3 Å². The van der Waals surface area contributed by atoms with Crippen LogP contribution in [0.25, 0.3) is 10.9 Å². The molecule has 156 valence electrons. The smallest absolute Gasteiger partial charge is 0.244 e. The van der Waals surface area contributed by atoms with Crippen LogP contribution < -0.4 is 10.8 Å². The average molecular weight is 400 g/mol. The molecule has 3 amide bonds. The first-order chi connectivity index (χ1) is 13.9. The molecule has 3 rings (SSSR count). The molecule has 0 radical (unpaired) electrons. The maximum absolute atomic E-state index is 12.6. The van der Waals surface area contributed by atoms with Gasteiger partial charge in [-0.1, -0.05) is 32.0 Å². The molecule has 8 nitrogen and oxygen atoms in total. The van der Waals surface area contributed by atoms with Gasteiger partial charge in [-0.2, -0.15) is 0 Å². The molecule has 1 aliphatic rings. The number of hydroxylamine groups is 1. The molecule has 0 spiro atoms. The van der Waals surface area contributed by atoms with Crippen molar-refractivity contribution in [2.75, 3.05) is 13.1 Å². The lowest BCUT2D eigenvalue weighted by Gasteiger charge is -2.27. The fourth-order valence-electron chi connectivity index (χ4n) is 3.95. The predicted molar refractivity (Wildman–Crippen MR) is 108 cm³/mol. The number of nitrogens with zero attached hydrogens (tertiary/aromatic N) is 1. The fourth-order valence-corrected chi connectivity index (χ4v) is 3.95. The van der Waals surface area contributed by atoms with Crippen LogP contribution in [0, 0.1) is 11.8 Å². The van der Waals surface area contributed by atoms with Crippen LogP contribution in [0.3, 0.4) is 0 Å². The summed E-state index contributed by atoms with van der Waals surface area (Å²) >= 11 is 0. The summed E-state index contributed by atoms with van der Waals surface area (Å²) in [7, 11) is 0. The molecule has 8 heteroatoms. The molecule has 0 unspecified atom stereocenters. The molecule has 4 N–H and O–H groups in total. The van der Waals surface area contributed by atoms with E-state index in [9.17, 15) is 14.4 Å². The van der Waals surface area contributed by atoms with E-state index in [1.807, 2.05) is 32.0 Å². The summed E-state index contributed by atoms with van der Waals surface area (Å²) in [5.41, 5.74) is 4.92. The van der Waals surface area contributed by atoms with E-state index < -0.39 is 11.8 Å². The Morgan fingerprint density at radius 2 is 2.00 bits per heavy atom. The van der Waals surface area contributed by atoms with E-state index in [1.165, 1.54) is 10.9 Å². The Kier molecular flexibility index (Phi) is 6.53. The molecular formula is C21H28N4O4. The lowest BCUT2D eigenvalue weighted by Crippen LogP contribution is -2.44. The highest BCUT2D eigenvalue weighted by molar-refractivity contribution is 5.89. The average Bonchev–Trinajstić information content (AvgIpc) is 3.08. The zero-order valence-electron chi connectivity index (χ0n) is 16.8. The molecule has 0 saturated heterocycles. The van der Waals surface area contributed by atoms with Gasteiger partial charge >= 0.3 is 0 Å². The van der Waals surface area contributed by atoms with Crippen molar-refractivity contribution in [2.45, 2.75) is 39.7 Å². The molecule has 29 heavy (non-hydrogen) atoms. The van der Waals surface area contributed by atoms with Gasteiger partial charge in [0, 0.05) is 35.5 Å². The Bertz CT molecular complexity index is 905. The van der Waals surface area contributed by atoms with Crippen LogP contribution in [0.4, 0.5) is 0 Å². The van der Waals surface area contributed by atoms with Crippen LogP contribution in [-0.4, -0.2) is 45.9 Å². The van der Waals surface area contributed by atoms with E-state index in [2.05, 4.69) is 16.4 Å². The Labute approximate surface area is 169 Å². The highest BCUT2D eigenvalue weighted by Crippen LogP contribution is 2.27. The number of rotatable bonds is 7.